The van der Waals surface area contributed by atoms with E-state index in [4.69, 9.17) is 19.8 Å². The molecular weight excluding hydrogens is 381 g/mol. The molecule has 1 aromatic carbocycles. The summed E-state index contributed by atoms with van der Waals surface area (Å²) in [5.41, 5.74) is 7.73. The van der Waals surface area contributed by atoms with Crippen LogP contribution >= 0.6 is 0 Å². The Hall–Kier alpha value is -2.84. The molecule has 1 saturated heterocycles. The van der Waals surface area contributed by atoms with Gasteiger partial charge in [-0.1, -0.05) is 30.3 Å². The van der Waals surface area contributed by atoms with Crippen molar-refractivity contribution in [1.29, 1.82) is 0 Å². The van der Waals surface area contributed by atoms with Gasteiger partial charge in [-0.3, -0.25) is 4.98 Å². The minimum absolute atomic E-state index is 0.181. The Morgan fingerprint density at radius 3 is 2.47 bits per heavy atom. The van der Waals surface area contributed by atoms with Gasteiger partial charge in [-0.05, 0) is 56.9 Å². The highest BCUT2D eigenvalue weighted by Crippen LogP contribution is 2.38. The van der Waals surface area contributed by atoms with E-state index in [2.05, 4.69) is 10.3 Å². The highest BCUT2D eigenvalue weighted by molar-refractivity contribution is 6.56. The number of alkyl carbamates (subject to hydrolysis) is 1. The Bertz CT molecular complexity index is 900. The molecule has 8 heteroatoms. The molecule has 0 atom stereocenters. The second-order valence-corrected chi connectivity index (χ2v) is 8.24. The van der Waals surface area contributed by atoms with E-state index in [0.29, 0.717) is 16.9 Å². The fraction of sp³-hybridized carbons (Fsp3) is 0.364. The number of benzene rings is 1. The molecule has 0 bridgehead atoms. The zero-order valence-corrected chi connectivity index (χ0v) is 17.8. The predicted octanol–water partition coefficient (Wildman–Crippen LogP) is 3.61. The zero-order chi connectivity index (χ0) is 21.8. The second-order valence-electron chi connectivity index (χ2n) is 8.24. The van der Waals surface area contributed by atoms with Gasteiger partial charge >= 0.3 is 13.2 Å². The molecule has 1 aromatic heterocycles. The minimum Gasteiger partial charge on any atom is -0.445 e. The van der Waals surface area contributed by atoms with E-state index in [1.807, 2.05) is 64.1 Å². The Morgan fingerprint density at radius 1 is 1.17 bits per heavy atom. The van der Waals surface area contributed by atoms with Crippen molar-refractivity contribution in [3.63, 3.8) is 0 Å². The van der Waals surface area contributed by atoms with Crippen molar-refractivity contribution in [2.24, 2.45) is 0 Å². The quantitative estimate of drug-likeness (QED) is 0.708. The van der Waals surface area contributed by atoms with Gasteiger partial charge < -0.3 is 25.1 Å². The first-order chi connectivity index (χ1) is 14.2. The third kappa shape index (κ3) is 5.40. The summed E-state index contributed by atoms with van der Waals surface area (Å²) in [6.07, 6.45) is 2.92. The highest BCUT2D eigenvalue weighted by Gasteiger charge is 2.52. The van der Waals surface area contributed by atoms with E-state index in [1.54, 1.807) is 18.3 Å². The summed E-state index contributed by atoms with van der Waals surface area (Å²) in [7, 11) is -0.632. The predicted molar refractivity (Wildman–Crippen MR) is 117 cm³/mol. The summed E-state index contributed by atoms with van der Waals surface area (Å²) >= 11 is 0. The minimum atomic E-state index is -0.632. The molecule has 1 fully saturated rings. The van der Waals surface area contributed by atoms with E-state index in [9.17, 15) is 4.79 Å². The molecule has 0 radical (unpaired) electrons. The second kappa shape index (κ2) is 8.89. The number of nitrogens with one attached hydrogen (secondary N) is 1. The number of ether oxygens (including phenoxy) is 1. The van der Waals surface area contributed by atoms with Gasteiger partial charge in [0, 0.05) is 18.4 Å². The van der Waals surface area contributed by atoms with Gasteiger partial charge in [-0.15, -0.1) is 0 Å². The summed E-state index contributed by atoms with van der Waals surface area (Å²) in [6.45, 7) is 8.28. The molecule has 0 saturated carbocycles. The van der Waals surface area contributed by atoms with Crippen LogP contribution < -0.4 is 11.1 Å². The molecule has 3 N–H and O–H groups in total. The number of hydrogen-bond donors (Lipinski definition) is 2. The number of nitrogens with two attached hydrogens (primary N) is 1. The number of pyridine rings is 1. The van der Waals surface area contributed by atoms with Crippen LogP contribution in [0.5, 0.6) is 0 Å². The molecular formula is C22H28BN3O4. The lowest BCUT2D eigenvalue weighted by Gasteiger charge is -2.32. The lowest BCUT2D eigenvalue weighted by molar-refractivity contribution is 0.00578. The van der Waals surface area contributed by atoms with Crippen LogP contribution in [0.25, 0.3) is 6.08 Å². The fourth-order valence-corrected chi connectivity index (χ4v) is 2.88. The summed E-state index contributed by atoms with van der Waals surface area (Å²) in [5.74, 6) is 0. The Labute approximate surface area is 177 Å². The maximum atomic E-state index is 12.2. The van der Waals surface area contributed by atoms with E-state index in [0.717, 1.165) is 5.56 Å². The number of aromatic nitrogens is 1. The van der Waals surface area contributed by atoms with Gasteiger partial charge in [0.05, 0.1) is 16.9 Å². The highest BCUT2D eigenvalue weighted by atomic mass is 16.7. The molecule has 3 rings (SSSR count). The molecule has 30 heavy (non-hydrogen) atoms. The van der Waals surface area contributed by atoms with Gasteiger partial charge in [0.2, 0.25) is 0 Å². The number of carbonyl (C=O) groups excluding carboxylic acids is 1. The van der Waals surface area contributed by atoms with Gasteiger partial charge in [-0.2, -0.15) is 0 Å². The largest absolute Gasteiger partial charge is 0.492 e. The maximum absolute atomic E-state index is 12.2. The average molecular weight is 409 g/mol. The number of carbonyl (C=O) groups is 1. The van der Waals surface area contributed by atoms with E-state index >= 15 is 0 Å². The van der Waals surface area contributed by atoms with Crippen LogP contribution in [-0.2, 0) is 20.7 Å². The lowest BCUT2D eigenvalue weighted by Crippen LogP contribution is -2.41. The third-order valence-electron chi connectivity index (χ3n) is 5.34. The number of nitrogens with zero attached hydrogens (tertiary/aromatic N) is 1. The number of hydrogen-bond acceptors (Lipinski definition) is 6. The third-order valence-corrected chi connectivity index (χ3v) is 5.34. The first kappa shape index (κ1) is 21.9. The van der Waals surface area contributed by atoms with Crippen LogP contribution in [0.4, 0.5) is 10.5 Å². The SMILES string of the molecule is CC1(C)OB(C(=Cc2cc(N)ccn2)CNC(=O)OCc2ccccc2)OC1(C)C. The van der Waals surface area contributed by atoms with Crippen molar-refractivity contribution in [3.05, 3.63) is 65.4 Å². The average Bonchev–Trinajstić information content (AvgIpc) is 2.91. The van der Waals surface area contributed by atoms with Crippen LogP contribution in [0.15, 0.2) is 54.1 Å². The van der Waals surface area contributed by atoms with Crippen molar-refractivity contribution in [2.75, 3.05) is 12.3 Å². The van der Waals surface area contributed by atoms with Gasteiger partial charge in [0.15, 0.2) is 0 Å². The Morgan fingerprint density at radius 2 is 1.83 bits per heavy atom. The van der Waals surface area contributed by atoms with Crippen molar-refractivity contribution < 1.29 is 18.8 Å². The molecule has 0 unspecified atom stereocenters. The normalized spacial score (nSPS) is 17.6. The van der Waals surface area contributed by atoms with Crippen LogP contribution in [0.2, 0.25) is 0 Å². The van der Waals surface area contributed by atoms with E-state index in [-0.39, 0.29) is 13.2 Å². The van der Waals surface area contributed by atoms with Crippen molar-refractivity contribution in [2.45, 2.75) is 45.5 Å². The molecule has 0 spiro atoms. The lowest BCUT2D eigenvalue weighted by atomic mass is 9.77. The fourth-order valence-electron chi connectivity index (χ4n) is 2.88. The molecule has 1 amide bonds. The molecule has 158 valence electrons. The molecule has 1 aliphatic rings. The van der Waals surface area contributed by atoms with Crippen LogP contribution in [0.1, 0.15) is 39.0 Å². The summed E-state index contributed by atoms with van der Waals surface area (Å²) in [4.78, 5) is 16.5. The van der Waals surface area contributed by atoms with Crippen molar-refractivity contribution in [3.8, 4) is 0 Å². The summed E-state index contributed by atoms with van der Waals surface area (Å²) in [6, 6.07) is 13.0. The number of rotatable bonds is 6. The van der Waals surface area contributed by atoms with Gasteiger partial charge in [0.25, 0.3) is 0 Å². The number of anilines is 1. The van der Waals surface area contributed by atoms with Gasteiger partial charge in [0.1, 0.15) is 6.61 Å². The number of nitrogen functional groups attached to an aromatic ring is 1. The first-order valence-electron chi connectivity index (χ1n) is 9.88. The molecule has 1 aliphatic heterocycles. The summed E-state index contributed by atoms with van der Waals surface area (Å²) in [5, 5.41) is 2.77. The van der Waals surface area contributed by atoms with Crippen LogP contribution in [0.3, 0.4) is 0 Å². The molecule has 0 aliphatic carbocycles. The topological polar surface area (TPSA) is 95.7 Å². The van der Waals surface area contributed by atoms with Crippen LogP contribution in [-0.4, -0.2) is 35.9 Å². The maximum Gasteiger partial charge on any atom is 0.492 e. The Kier molecular flexibility index (Phi) is 6.48. The Balaban J connectivity index is 1.71. The monoisotopic (exact) mass is 409 g/mol. The van der Waals surface area contributed by atoms with Crippen molar-refractivity contribution in [1.82, 2.24) is 10.3 Å². The van der Waals surface area contributed by atoms with Gasteiger partial charge in [-0.25, -0.2) is 4.79 Å². The van der Waals surface area contributed by atoms with Crippen LogP contribution in [0, 0.1) is 0 Å². The standard InChI is InChI=1S/C22H28BN3O4/c1-21(2)22(3,4)30-23(29-21)17(12-19-13-18(24)10-11-25-19)14-26-20(27)28-15-16-8-6-5-7-9-16/h5-13H,14-15H2,1-4H3,(H2,24,25)(H,26,27). The zero-order valence-electron chi connectivity index (χ0n) is 17.8. The molecule has 7 nitrogen and oxygen atoms in total. The molecule has 2 aromatic rings. The molecule has 2 heterocycles. The van der Waals surface area contributed by atoms with E-state index in [1.165, 1.54) is 0 Å². The first-order valence-corrected chi connectivity index (χ1v) is 9.88. The number of amides is 1. The van der Waals surface area contributed by atoms with E-state index < -0.39 is 24.4 Å². The smallest absolute Gasteiger partial charge is 0.445 e. The van der Waals surface area contributed by atoms with Crippen molar-refractivity contribution >= 4 is 25.0 Å². The summed E-state index contributed by atoms with van der Waals surface area (Å²) < 4.78 is 17.6.